The molecule has 0 aliphatic rings. The summed E-state index contributed by atoms with van der Waals surface area (Å²) in [6.07, 6.45) is 5.46. The number of furan rings is 1. The molecule has 23 heavy (non-hydrogen) atoms. The average Bonchev–Trinajstić information content (AvgIpc) is 3.16. The number of hydrogen-bond donors (Lipinski definition) is 1. The molecule has 0 saturated heterocycles. The van der Waals surface area contributed by atoms with Crippen molar-refractivity contribution in [2.75, 3.05) is 11.6 Å². The lowest BCUT2D eigenvalue weighted by Crippen LogP contribution is -2.10. The molecule has 0 fully saturated rings. The molecule has 0 unspecified atom stereocenters. The van der Waals surface area contributed by atoms with E-state index in [4.69, 9.17) is 4.42 Å². The molecule has 3 aromatic heterocycles. The summed E-state index contributed by atoms with van der Waals surface area (Å²) < 4.78 is 5.53. The van der Waals surface area contributed by atoms with Gasteiger partial charge in [-0.15, -0.1) is 0 Å². The fraction of sp³-hybridized carbons (Fsp3) is 0.188. The maximum absolute atomic E-state index is 12.3. The molecule has 5 nitrogen and oxygen atoms in total. The molecule has 0 atom stereocenters. The van der Waals surface area contributed by atoms with Gasteiger partial charge in [0, 0.05) is 18.0 Å². The van der Waals surface area contributed by atoms with E-state index in [1.165, 1.54) is 11.3 Å². The predicted octanol–water partition coefficient (Wildman–Crippen LogP) is 4.22. The normalized spacial score (nSPS) is 10.7. The van der Waals surface area contributed by atoms with Gasteiger partial charge in [-0.2, -0.15) is 11.8 Å². The maximum Gasteiger partial charge on any atom is 0.292 e. The zero-order valence-corrected chi connectivity index (χ0v) is 14.3. The lowest BCUT2D eigenvalue weighted by Gasteiger charge is -2.00. The van der Waals surface area contributed by atoms with E-state index < -0.39 is 0 Å². The number of carbonyl (C=O) groups excluding carboxylic acids is 1. The number of aromatic nitrogens is 2. The fourth-order valence-electron chi connectivity index (χ4n) is 2.01. The third-order valence-corrected chi connectivity index (χ3v) is 4.80. The number of rotatable bonds is 5. The number of aryl methyl sites for hydroxylation is 1. The molecule has 0 aliphatic carbocycles. The molecule has 3 aromatic rings. The van der Waals surface area contributed by atoms with Crippen molar-refractivity contribution in [3.63, 3.8) is 0 Å². The van der Waals surface area contributed by atoms with E-state index in [1.807, 2.05) is 31.4 Å². The van der Waals surface area contributed by atoms with Gasteiger partial charge in [0.05, 0.1) is 11.4 Å². The highest BCUT2D eigenvalue weighted by Crippen LogP contribution is 2.31. The zero-order valence-electron chi connectivity index (χ0n) is 12.7. The van der Waals surface area contributed by atoms with Crippen molar-refractivity contribution in [1.82, 2.24) is 9.97 Å². The van der Waals surface area contributed by atoms with Crippen LogP contribution in [0.1, 0.15) is 22.0 Å². The fourth-order valence-corrected chi connectivity index (χ4v) is 3.40. The van der Waals surface area contributed by atoms with E-state index in [2.05, 4.69) is 15.3 Å². The second kappa shape index (κ2) is 6.97. The molecule has 3 rings (SSSR count). The molecule has 0 aromatic carbocycles. The van der Waals surface area contributed by atoms with Crippen LogP contribution >= 0.6 is 23.1 Å². The van der Waals surface area contributed by atoms with Crippen molar-refractivity contribution in [3.05, 3.63) is 53.9 Å². The SMILES string of the molecule is CSCc1ccc(C(=O)Nc2sc(-c3cccnc3)nc2C)o1. The Morgan fingerprint density at radius 3 is 3.00 bits per heavy atom. The lowest BCUT2D eigenvalue weighted by molar-refractivity contribution is 0.0995. The van der Waals surface area contributed by atoms with Crippen LogP contribution < -0.4 is 5.32 Å². The van der Waals surface area contributed by atoms with E-state index >= 15 is 0 Å². The maximum atomic E-state index is 12.3. The van der Waals surface area contributed by atoms with Crippen LogP contribution in [0.15, 0.2) is 41.1 Å². The van der Waals surface area contributed by atoms with Crippen LogP contribution in [0.3, 0.4) is 0 Å². The Kier molecular flexibility index (Phi) is 4.78. The van der Waals surface area contributed by atoms with Crippen molar-refractivity contribution in [1.29, 1.82) is 0 Å². The van der Waals surface area contributed by atoms with Crippen LogP contribution in [0, 0.1) is 6.92 Å². The van der Waals surface area contributed by atoms with Gasteiger partial charge in [0.1, 0.15) is 15.8 Å². The van der Waals surface area contributed by atoms with Gasteiger partial charge >= 0.3 is 0 Å². The van der Waals surface area contributed by atoms with Gasteiger partial charge in [0.15, 0.2) is 5.76 Å². The summed E-state index contributed by atoms with van der Waals surface area (Å²) in [4.78, 5) is 20.9. The van der Waals surface area contributed by atoms with Gasteiger partial charge < -0.3 is 9.73 Å². The molecule has 1 N–H and O–H groups in total. The summed E-state index contributed by atoms with van der Waals surface area (Å²) in [5.41, 5.74) is 1.71. The molecule has 118 valence electrons. The Bertz CT molecular complexity index is 812. The number of thioether (sulfide) groups is 1. The van der Waals surface area contributed by atoms with E-state index in [0.717, 1.165) is 32.8 Å². The van der Waals surface area contributed by atoms with Crippen LogP contribution in [0.2, 0.25) is 0 Å². The van der Waals surface area contributed by atoms with Gasteiger partial charge in [-0.05, 0) is 37.4 Å². The highest BCUT2D eigenvalue weighted by Gasteiger charge is 2.16. The summed E-state index contributed by atoms with van der Waals surface area (Å²) in [6, 6.07) is 7.32. The minimum Gasteiger partial charge on any atom is -0.455 e. The Morgan fingerprint density at radius 1 is 1.39 bits per heavy atom. The quantitative estimate of drug-likeness (QED) is 0.750. The summed E-state index contributed by atoms with van der Waals surface area (Å²) in [6.45, 7) is 1.87. The molecule has 0 bridgehead atoms. The van der Waals surface area contributed by atoms with E-state index in [1.54, 1.807) is 30.2 Å². The minimum atomic E-state index is -0.262. The molecular formula is C16H15N3O2S2. The number of carbonyl (C=O) groups is 1. The van der Waals surface area contributed by atoms with Gasteiger partial charge in [-0.1, -0.05) is 11.3 Å². The molecule has 1 amide bonds. The third-order valence-electron chi connectivity index (χ3n) is 3.10. The molecule has 0 saturated carbocycles. The van der Waals surface area contributed by atoms with Crippen LogP contribution in [-0.4, -0.2) is 22.1 Å². The number of nitrogens with zero attached hydrogens (tertiary/aromatic N) is 2. The van der Waals surface area contributed by atoms with E-state index in [0.29, 0.717) is 5.76 Å². The Morgan fingerprint density at radius 2 is 2.26 bits per heavy atom. The molecule has 7 heteroatoms. The van der Waals surface area contributed by atoms with Crippen molar-refractivity contribution in [2.24, 2.45) is 0 Å². The van der Waals surface area contributed by atoms with Gasteiger partial charge in [0.25, 0.3) is 5.91 Å². The largest absolute Gasteiger partial charge is 0.455 e. The van der Waals surface area contributed by atoms with Gasteiger partial charge in [0.2, 0.25) is 0 Å². The minimum absolute atomic E-state index is 0.262. The standard InChI is InChI=1S/C16H15N3O2S2/c1-10-15(23-16(18-10)11-4-3-7-17-8-11)19-14(20)13-6-5-12(21-13)9-22-2/h3-8H,9H2,1-2H3,(H,19,20). The van der Waals surface area contributed by atoms with Crippen LogP contribution in [0.5, 0.6) is 0 Å². The predicted molar refractivity (Wildman–Crippen MR) is 94.0 cm³/mol. The number of pyridine rings is 1. The van der Waals surface area contributed by atoms with Gasteiger partial charge in [-0.25, -0.2) is 4.98 Å². The highest BCUT2D eigenvalue weighted by molar-refractivity contribution is 7.97. The first-order valence-electron chi connectivity index (χ1n) is 6.94. The molecule has 0 aliphatic heterocycles. The first-order valence-corrected chi connectivity index (χ1v) is 9.15. The van der Waals surface area contributed by atoms with Crippen molar-refractivity contribution >= 4 is 34.0 Å². The Hall–Kier alpha value is -2.12. The monoisotopic (exact) mass is 345 g/mol. The number of anilines is 1. The summed E-state index contributed by atoms with van der Waals surface area (Å²) in [5, 5.41) is 4.41. The van der Waals surface area contributed by atoms with Crippen molar-refractivity contribution in [3.8, 4) is 10.6 Å². The van der Waals surface area contributed by atoms with E-state index in [9.17, 15) is 4.79 Å². The summed E-state index contributed by atoms with van der Waals surface area (Å²) >= 11 is 3.07. The third kappa shape index (κ3) is 3.62. The molecular weight excluding hydrogens is 330 g/mol. The first kappa shape index (κ1) is 15.8. The number of thiazole rings is 1. The topological polar surface area (TPSA) is 68.0 Å². The smallest absolute Gasteiger partial charge is 0.292 e. The van der Waals surface area contributed by atoms with Crippen LogP contribution in [0.4, 0.5) is 5.00 Å². The second-order valence-electron chi connectivity index (χ2n) is 4.83. The number of hydrogen-bond acceptors (Lipinski definition) is 6. The second-order valence-corrected chi connectivity index (χ2v) is 6.69. The Balaban J connectivity index is 1.77. The van der Waals surface area contributed by atoms with Crippen LogP contribution in [-0.2, 0) is 5.75 Å². The van der Waals surface area contributed by atoms with Crippen molar-refractivity contribution < 1.29 is 9.21 Å². The Labute approximate surface area is 142 Å². The van der Waals surface area contributed by atoms with E-state index in [-0.39, 0.29) is 5.91 Å². The summed E-state index contributed by atoms with van der Waals surface area (Å²) in [5.74, 6) is 1.59. The average molecular weight is 345 g/mol. The first-order chi connectivity index (χ1) is 11.2. The molecule has 0 radical (unpaired) electrons. The number of amides is 1. The van der Waals surface area contributed by atoms with Crippen molar-refractivity contribution in [2.45, 2.75) is 12.7 Å². The lowest BCUT2D eigenvalue weighted by atomic mass is 10.3. The highest BCUT2D eigenvalue weighted by atomic mass is 32.2. The molecule has 3 heterocycles. The summed E-state index contributed by atoms with van der Waals surface area (Å²) in [7, 11) is 0. The number of nitrogens with one attached hydrogen (secondary N) is 1. The van der Waals surface area contributed by atoms with Gasteiger partial charge in [-0.3, -0.25) is 9.78 Å². The van der Waals surface area contributed by atoms with Crippen LogP contribution in [0.25, 0.3) is 10.6 Å². The molecule has 0 spiro atoms. The zero-order chi connectivity index (χ0) is 16.2.